The summed E-state index contributed by atoms with van der Waals surface area (Å²) in [4.78, 5) is 11.8. The molecule has 10 nitrogen and oxygen atoms in total. The molecule has 0 heterocycles. The number of aryl methyl sites for hydroxylation is 2. The first-order valence-electron chi connectivity index (χ1n) is 10.1. The van der Waals surface area contributed by atoms with E-state index in [4.69, 9.17) is 13.1 Å². The summed E-state index contributed by atoms with van der Waals surface area (Å²) < 4.78 is 64.2. The van der Waals surface area contributed by atoms with Gasteiger partial charge in [0.2, 0.25) is 0 Å². The average Bonchev–Trinajstić information content (AvgIpc) is 2.74. The van der Waals surface area contributed by atoms with E-state index in [0.29, 0.717) is 0 Å². The Hall–Kier alpha value is -2.51. The minimum Gasteiger partial charge on any atom is -0.449 e. The molecule has 1 N–H and O–H groups in total. The molecule has 182 valence electrons. The van der Waals surface area contributed by atoms with Crippen molar-refractivity contribution in [3.8, 4) is 0 Å². The smallest absolute Gasteiger partial charge is 0.421 e. The van der Waals surface area contributed by atoms with Gasteiger partial charge in [0.25, 0.3) is 20.2 Å². The number of carbonyl (C=O) groups excluding carboxylic acids is 1. The van der Waals surface area contributed by atoms with Crippen molar-refractivity contribution in [2.45, 2.75) is 30.6 Å². The number of hydrogen-bond donors (Lipinski definition) is 1. The maximum absolute atomic E-state index is 12.3. The van der Waals surface area contributed by atoms with E-state index < -0.39 is 26.3 Å². The lowest BCUT2D eigenvalue weighted by Crippen LogP contribution is -2.46. The van der Waals surface area contributed by atoms with Crippen LogP contribution in [0.3, 0.4) is 0 Å². The molecule has 0 aromatic heterocycles. The molecule has 0 spiro atoms. The van der Waals surface area contributed by atoms with Gasteiger partial charge in [0.05, 0.1) is 29.6 Å². The number of amides is 1. The van der Waals surface area contributed by atoms with E-state index in [2.05, 4.69) is 5.43 Å². The summed E-state index contributed by atoms with van der Waals surface area (Å²) >= 11 is 0. The van der Waals surface area contributed by atoms with Crippen molar-refractivity contribution in [2.24, 2.45) is 0 Å². The topological polar surface area (TPSA) is 128 Å². The zero-order valence-corrected chi connectivity index (χ0v) is 20.3. The minimum absolute atomic E-state index is 0.00512. The number of rotatable bonds is 12. The minimum atomic E-state index is -3.99. The lowest BCUT2D eigenvalue weighted by atomic mass is 10.2. The van der Waals surface area contributed by atoms with Crippen molar-refractivity contribution in [2.75, 3.05) is 32.9 Å². The van der Waals surface area contributed by atoms with Gasteiger partial charge in [0.1, 0.15) is 0 Å². The van der Waals surface area contributed by atoms with Crippen LogP contribution in [0.1, 0.15) is 18.1 Å². The molecule has 0 fully saturated rings. The highest BCUT2D eigenvalue weighted by Crippen LogP contribution is 2.14. The second-order valence-corrected chi connectivity index (χ2v) is 10.2. The molecule has 1 amide bonds. The normalized spacial score (nSPS) is 12.0. The van der Waals surface area contributed by atoms with Gasteiger partial charge < -0.3 is 4.74 Å². The van der Waals surface area contributed by atoms with Gasteiger partial charge in [-0.15, -0.1) is 0 Å². The number of hydrogen-bond acceptors (Lipinski definition) is 9. The molecule has 0 aliphatic rings. The Kier molecular flexibility index (Phi) is 9.80. The fourth-order valence-corrected chi connectivity index (χ4v) is 4.38. The second kappa shape index (κ2) is 12.1. The van der Waals surface area contributed by atoms with Crippen molar-refractivity contribution in [1.82, 2.24) is 10.4 Å². The van der Waals surface area contributed by atoms with Crippen LogP contribution >= 0.6 is 0 Å². The van der Waals surface area contributed by atoms with Gasteiger partial charge in [0.15, 0.2) is 0 Å². The number of hydrazine groups is 1. The summed E-state index contributed by atoms with van der Waals surface area (Å²) in [5, 5.41) is 1.26. The van der Waals surface area contributed by atoms with E-state index in [9.17, 15) is 21.6 Å². The third-order valence-electron chi connectivity index (χ3n) is 4.34. The van der Waals surface area contributed by atoms with Crippen LogP contribution < -0.4 is 5.43 Å². The van der Waals surface area contributed by atoms with Gasteiger partial charge in [-0.3, -0.25) is 13.8 Å². The number of carbonyl (C=O) groups is 1. The third kappa shape index (κ3) is 8.74. The molecule has 33 heavy (non-hydrogen) atoms. The van der Waals surface area contributed by atoms with Crippen LogP contribution in [-0.2, 0) is 33.3 Å². The molecule has 0 saturated heterocycles. The highest BCUT2D eigenvalue weighted by atomic mass is 32.2. The standard InChI is InChI=1S/C21H28N2O8S2/c1-4-29-21(24)22-23(13-15-30-32(25,26)19-9-5-17(2)6-10-19)14-16-31-33(27,28)20-11-7-18(3)8-12-20/h5-12H,4,13-16H2,1-3H3,(H,22,24). The van der Waals surface area contributed by atoms with Crippen LogP contribution in [0.2, 0.25) is 0 Å². The fourth-order valence-electron chi connectivity index (χ4n) is 2.58. The zero-order chi connectivity index (χ0) is 24.5. The number of benzene rings is 2. The molecule has 2 aromatic carbocycles. The average molecular weight is 501 g/mol. The molecular formula is C21H28N2O8S2. The van der Waals surface area contributed by atoms with Crippen LogP contribution in [0.15, 0.2) is 58.3 Å². The Labute approximate surface area is 194 Å². The van der Waals surface area contributed by atoms with Crippen molar-refractivity contribution in [3.63, 3.8) is 0 Å². The first kappa shape index (κ1) is 26.7. The Morgan fingerprint density at radius 2 is 1.18 bits per heavy atom. The van der Waals surface area contributed by atoms with Crippen LogP contribution in [0.5, 0.6) is 0 Å². The Morgan fingerprint density at radius 3 is 1.55 bits per heavy atom. The summed E-state index contributed by atoms with van der Waals surface area (Å²) in [6.07, 6.45) is -0.778. The first-order valence-corrected chi connectivity index (χ1v) is 13.0. The number of nitrogens with one attached hydrogen (secondary N) is 1. The zero-order valence-electron chi connectivity index (χ0n) is 18.7. The quantitative estimate of drug-likeness (QED) is 0.345. The predicted octanol–water partition coefficient (Wildman–Crippen LogP) is 2.38. The maximum atomic E-state index is 12.3. The molecule has 0 atom stereocenters. The van der Waals surface area contributed by atoms with Gasteiger partial charge in [-0.25, -0.2) is 9.80 Å². The predicted molar refractivity (Wildman–Crippen MR) is 120 cm³/mol. The van der Waals surface area contributed by atoms with Crippen LogP contribution in [-0.4, -0.2) is 60.8 Å². The molecular weight excluding hydrogens is 472 g/mol. The molecule has 0 unspecified atom stereocenters. The van der Waals surface area contributed by atoms with Gasteiger partial charge in [0, 0.05) is 13.1 Å². The lowest BCUT2D eigenvalue weighted by Gasteiger charge is -2.22. The van der Waals surface area contributed by atoms with E-state index in [1.165, 1.54) is 29.3 Å². The van der Waals surface area contributed by atoms with Gasteiger partial charge in [-0.05, 0) is 45.0 Å². The number of ether oxygens (including phenoxy) is 1. The SMILES string of the molecule is CCOC(=O)NN(CCOS(=O)(=O)c1ccc(C)cc1)CCOS(=O)(=O)c1ccc(C)cc1. The summed E-state index contributed by atoms with van der Waals surface area (Å²) in [6.45, 7) is 4.67. The molecule has 2 aromatic rings. The van der Waals surface area contributed by atoms with E-state index in [1.807, 2.05) is 13.8 Å². The molecule has 0 aliphatic carbocycles. The monoisotopic (exact) mass is 500 g/mol. The summed E-state index contributed by atoms with van der Waals surface area (Å²) in [5.74, 6) is 0. The fraction of sp³-hybridized carbons (Fsp3) is 0.381. The molecule has 2 rings (SSSR count). The van der Waals surface area contributed by atoms with Gasteiger partial charge in [-0.1, -0.05) is 35.4 Å². The Morgan fingerprint density at radius 1 is 0.788 bits per heavy atom. The maximum Gasteiger partial charge on any atom is 0.421 e. The number of nitrogens with zero attached hydrogens (tertiary/aromatic N) is 1. The van der Waals surface area contributed by atoms with Crippen LogP contribution in [0, 0.1) is 13.8 Å². The van der Waals surface area contributed by atoms with E-state index >= 15 is 0 Å². The highest BCUT2D eigenvalue weighted by Gasteiger charge is 2.19. The second-order valence-electron chi connectivity index (χ2n) is 7.00. The Balaban J connectivity index is 1.95. The summed E-state index contributed by atoms with van der Waals surface area (Å²) in [5.41, 5.74) is 4.21. The van der Waals surface area contributed by atoms with Gasteiger partial charge >= 0.3 is 6.09 Å². The van der Waals surface area contributed by atoms with E-state index in [1.54, 1.807) is 31.2 Å². The van der Waals surface area contributed by atoms with Crippen molar-refractivity contribution in [1.29, 1.82) is 0 Å². The summed E-state index contributed by atoms with van der Waals surface area (Å²) in [7, 11) is -7.98. The lowest BCUT2D eigenvalue weighted by molar-refractivity contribution is 0.0928. The first-order chi connectivity index (χ1) is 15.5. The largest absolute Gasteiger partial charge is 0.449 e. The van der Waals surface area contributed by atoms with Crippen LogP contribution in [0.4, 0.5) is 4.79 Å². The molecule has 0 radical (unpaired) electrons. The van der Waals surface area contributed by atoms with E-state index in [0.717, 1.165) is 11.1 Å². The molecule has 0 saturated carbocycles. The molecule has 0 aliphatic heterocycles. The third-order valence-corrected chi connectivity index (χ3v) is 7.00. The van der Waals surface area contributed by atoms with Gasteiger partial charge in [-0.2, -0.15) is 16.8 Å². The molecule has 12 heteroatoms. The summed E-state index contributed by atoms with van der Waals surface area (Å²) in [6, 6.07) is 12.3. The van der Waals surface area contributed by atoms with Crippen molar-refractivity contribution in [3.05, 3.63) is 59.7 Å². The molecule has 0 bridgehead atoms. The highest BCUT2D eigenvalue weighted by molar-refractivity contribution is 7.87. The van der Waals surface area contributed by atoms with Crippen LogP contribution in [0.25, 0.3) is 0 Å². The van der Waals surface area contributed by atoms with E-state index in [-0.39, 0.29) is 42.7 Å². The Bertz CT molecular complexity index is 1030. The van der Waals surface area contributed by atoms with Crippen molar-refractivity contribution >= 4 is 26.3 Å². The van der Waals surface area contributed by atoms with Crippen molar-refractivity contribution < 1.29 is 34.7 Å².